The van der Waals surface area contributed by atoms with Crippen LogP contribution in [0.1, 0.15) is 18.2 Å². The number of anilines is 1. The van der Waals surface area contributed by atoms with Gasteiger partial charge in [-0.15, -0.1) is 11.3 Å². The zero-order valence-corrected chi connectivity index (χ0v) is 17.3. The molecular formula is C21H28F2N4S. The van der Waals surface area contributed by atoms with E-state index in [1.165, 1.54) is 17.0 Å². The number of hydrogen-bond acceptors (Lipinski definition) is 3. The molecule has 2 aromatic rings. The highest BCUT2D eigenvalue weighted by Crippen LogP contribution is 2.25. The minimum atomic E-state index is -0.801. The van der Waals surface area contributed by atoms with Crippen molar-refractivity contribution >= 4 is 23.0 Å². The molecule has 152 valence electrons. The summed E-state index contributed by atoms with van der Waals surface area (Å²) in [4.78, 5) is 10.5. The minimum Gasteiger partial charge on any atom is -0.371 e. The quantitative estimate of drug-likeness (QED) is 0.557. The van der Waals surface area contributed by atoms with Crippen molar-refractivity contribution in [3.63, 3.8) is 0 Å². The summed E-state index contributed by atoms with van der Waals surface area (Å²) in [7, 11) is 2.07. The normalized spacial score (nSPS) is 17.2. The van der Waals surface area contributed by atoms with Gasteiger partial charge in [0, 0.05) is 56.4 Å². The fraction of sp³-hybridized carbons (Fsp3) is 0.476. The Hall–Kier alpha value is -2.15. The van der Waals surface area contributed by atoms with Crippen molar-refractivity contribution in [2.75, 3.05) is 44.7 Å². The van der Waals surface area contributed by atoms with E-state index in [-0.39, 0.29) is 0 Å². The van der Waals surface area contributed by atoms with Crippen LogP contribution in [0.5, 0.6) is 0 Å². The summed E-state index contributed by atoms with van der Waals surface area (Å²) in [5.41, 5.74) is 0.741. The molecule has 0 bridgehead atoms. The molecule has 0 radical (unpaired) electrons. The van der Waals surface area contributed by atoms with Crippen LogP contribution in [-0.4, -0.2) is 50.6 Å². The molecule has 1 aliphatic heterocycles. The third-order valence-corrected chi connectivity index (χ3v) is 5.96. The number of hydrogen-bond donors (Lipinski definition) is 1. The van der Waals surface area contributed by atoms with Crippen molar-refractivity contribution in [3.05, 3.63) is 52.2 Å². The van der Waals surface area contributed by atoms with Gasteiger partial charge >= 0.3 is 0 Å². The molecule has 28 heavy (non-hydrogen) atoms. The summed E-state index contributed by atoms with van der Waals surface area (Å²) in [5.74, 6) is -0.261. The predicted octanol–water partition coefficient (Wildman–Crippen LogP) is 3.99. The third kappa shape index (κ3) is 5.44. The zero-order chi connectivity index (χ0) is 19.9. The minimum absolute atomic E-state index is 0.410. The summed E-state index contributed by atoms with van der Waals surface area (Å²) in [5, 5.41) is 5.47. The molecule has 1 N–H and O–H groups in total. The molecule has 1 fully saturated rings. The molecule has 1 aromatic carbocycles. The third-order valence-electron chi connectivity index (χ3n) is 5.02. The highest BCUT2D eigenvalue weighted by atomic mass is 32.1. The summed E-state index contributed by atoms with van der Waals surface area (Å²) < 4.78 is 26.6. The van der Waals surface area contributed by atoms with Crippen LogP contribution in [0.3, 0.4) is 0 Å². The molecular weight excluding hydrogens is 378 g/mol. The Labute approximate surface area is 169 Å². The van der Waals surface area contributed by atoms with Crippen LogP contribution < -0.4 is 10.2 Å². The number of likely N-dealkylation sites (N-methyl/N-ethyl adjacent to an activating group) is 1. The van der Waals surface area contributed by atoms with Gasteiger partial charge in [0.2, 0.25) is 0 Å². The van der Waals surface area contributed by atoms with Gasteiger partial charge in [-0.05, 0) is 49.3 Å². The molecule has 0 aliphatic carbocycles. The van der Waals surface area contributed by atoms with Crippen LogP contribution in [0.15, 0.2) is 40.7 Å². The molecule has 0 saturated carbocycles. The van der Waals surface area contributed by atoms with Crippen molar-refractivity contribution in [2.45, 2.75) is 19.8 Å². The van der Waals surface area contributed by atoms with Crippen molar-refractivity contribution in [1.29, 1.82) is 0 Å². The molecule has 7 heteroatoms. The van der Waals surface area contributed by atoms with Crippen molar-refractivity contribution in [1.82, 2.24) is 10.2 Å². The largest absolute Gasteiger partial charge is 0.371 e. The Kier molecular flexibility index (Phi) is 7.25. The van der Waals surface area contributed by atoms with Crippen LogP contribution in [0.4, 0.5) is 14.5 Å². The van der Waals surface area contributed by atoms with E-state index < -0.39 is 11.6 Å². The maximum Gasteiger partial charge on any atom is 0.193 e. The summed E-state index contributed by atoms with van der Waals surface area (Å²) in [6, 6.07) is 8.37. The molecule has 3 rings (SSSR count). The lowest BCUT2D eigenvalue weighted by Gasteiger charge is -2.22. The van der Waals surface area contributed by atoms with Crippen molar-refractivity contribution < 1.29 is 8.78 Å². The van der Waals surface area contributed by atoms with E-state index in [1.54, 1.807) is 17.4 Å². The first-order valence-electron chi connectivity index (χ1n) is 9.78. The molecule has 2 heterocycles. The predicted molar refractivity (Wildman–Crippen MR) is 113 cm³/mol. The number of benzene rings is 1. The van der Waals surface area contributed by atoms with Gasteiger partial charge in [-0.1, -0.05) is 6.07 Å². The van der Waals surface area contributed by atoms with E-state index in [1.807, 2.05) is 0 Å². The molecule has 1 saturated heterocycles. The molecule has 4 nitrogen and oxygen atoms in total. The summed E-state index contributed by atoms with van der Waals surface area (Å²) in [6.45, 7) is 6.20. The van der Waals surface area contributed by atoms with E-state index in [0.717, 1.165) is 57.2 Å². The van der Waals surface area contributed by atoms with E-state index in [9.17, 15) is 8.78 Å². The number of guanidine groups is 1. The summed E-state index contributed by atoms with van der Waals surface area (Å²) in [6.07, 6.45) is 2.01. The second-order valence-electron chi connectivity index (χ2n) is 7.14. The topological polar surface area (TPSA) is 30.9 Å². The average Bonchev–Trinajstić information content (AvgIpc) is 3.37. The fourth-order valence-corrected chi connectivity index (χ4v) is 4.12. The van der Waals surface area contributed by atoms with Gasteiger partial charge in [0.25, 0.3) is 0 Å². The van der Waals surface area contributed by atoms with Gasteiger partial charge in [0.15, 0.2) is 17.6 Å². The van der Waals surface area contributed by atoms with Gasteiger partial charge in [-0.2, -0.15) is 0 Å². The van der Waals surface area contributed by atoms with Gasteiger partial charge in [0.05, 0.1) is 0 Å². The Morgan fingerprint density at radius 2 is 2.18 bits per heavy atom. The first kappa shape index (κ1) is 20.6. The number of rotatable bonds is 7. The van der Waals surface area contributed by atoms with Crippen LogP contribution in [0.25, 0.3) is 0 Å². The van der Waals surface area contributed by atoms with Gasteiger partial charge in [0.1, 0.15) is 0 Å². The lowest BCUT2D eigenvalue weighted by atomic mass is 10.1. The Morgan fingerprint density at radius 1 is 1.32 bits per heavy atom. The van der Waals surface area contributed by atoms with Gasteiger partial charge in [-0.25, -0.2) is 8.78 Å². The van der Waals surface area contributed by atoms with Crippen LogP contribution in [0, 0.1) is 17.6 Å². The highest BCUT2D eigenvalue weighted by Gasteiger charge is 2.23. The smallest absolute Gasteiger partial charge is 0.193 e. The molecule has 1 aliphatic rings. The Bertz CT molecular complexity index is 779. The van der Waals surface area contributed by atoms with Crippen LogP contribution in [0.2, 0.25) is 0 Å². The second-order valence-corrected chi connectivity index (χ2v) is 8.18. The summed E-state index contributed by atoms with van der Waals surface area (Å²) >= 11 is 1.78. The van der Waals surface area contributed by atoms with E-state index in [4.69, 9.17) is 4.99 Å². The van der Waals surface area contributed by atoms with Gasteiger partial charge < -0.3 is 15.1 Å². The Balaban J connectivity index is 1.54. The Morgan fingerprint density at radius 3 is 2.89 bits per heavy atom. The molecule has 1 aromatic heterocycles. The van der Waals surface area contributed by atoms with Crippen LogP contribution in [-0.2, 0) is 6.42 Å². The second kappa shape index (κ2) is 9.87. The number of aliphatic imine (C=N–C) groups is 1. The lowest BCUT2D eigenvalue weighted by molar-refractivity contribution is 0.481. The maximum absolute atomic E-state index is 13.5. The monoisotopic (exact) mass is 406 g/mol. The zero-order valence-electron chi connectivity index (χ0n) is 16.5. The molecule has 0 spiro atoms. The van der Waals surface area contributed by atoms with Gasteiger partial charge in [-0.3, -0.25) is 4.99 Å². The number of nitrogens with zero attached hydrogens (tertiary/aromatic N) is 3. The van der Waals surface area contributed by atoms with Crippen LogP contribution >= 0.6 is 11.3 Å². The molecule has 1 unspecified atom stereocenters. The lowest BCUT2D eigenvalue weighted by Crippen LogP contribution is -2.40. The molecule has 1 atom stereocenters. The maximum atomic E-state index is 13.5. The number of halogens is 2. The first-order valence-corrected chi connectivity index (χ1v) is 10.7. The number of thiophene rings is 1. The van der Waals surface area contributed by atoms with E-state index >= 15 is 0 Å². The average molecular weight is 407 g/mol. The molecule has 0 amide bonds. The van der Waals surface area contributed by atoms with Crippen molar-refractivity contribution in [2.24, 2.45) is 10.9 Å². The standard InChI is InChI=1S/C21H28F2N4S/c1-3-24-21(26(2)10-9-18-5-4-12-28-18)25-14-16-8-11-27(15-16)17-6-7-19(22)20(23)13-17/h4-7,12-13,16H,3,8-11,14-15H2,1-2H3,(H,24,25). The van der Waals surface area contributed by atoms with Crippen molar-refractivity contribution in [3.8, 4) is 0 Å². The van der Waals surface area contributed by atoms with E-state index in [0.29, 0.717) is 5.92 Å². The van der Waals surface area contributed by atoms with E-state index in [2.05, 4.69) is 46.6 Å². The number of nitrogens with one attached hydrogen (secondary N) is 1. The first-order chi connectivity index (χ1) is 13.6. The SMILES string of the molecule is CCNC(=NCC1CCN(c2ccc(F)c(F)c2)C1)N(C)CCc1cccs1. The fourth-order valence-electron chi connectivity index (χ4n) is 3.42. The highest BCUT2D eigenvalue weighted by molar-refractivity contribution is 7.09.